The number of benzene rings is 1. The molecule has 148 valence electrons. The van der Waals surface area contributed by atoms with Crippen LogP contribution in [0.15, 0.2) is 42.9 Å². The van der Waals surface area contributed by atoms with Crippen molar-refractivity contribution in [2.24, 2.45) is 5.92 Å². The molecule has 4 rings (SSSR count). The fourth-order valence-electron chi connectivity index (χ4n) is 3.73. The number of imidazole rings is 1. The summed E-state index contributed by atoms with van der Waals surface area (Å²) in [6.45, 7) is 4.25. The zero-order valence-corrected chi connectivity index (χ0v) is 16.9. The van der Waals surface area contributed by atoms with Gasteiger partial charge in [0.05, 0.1) is 12.0 Å². The quantitative estimate of drug-likeness (QED) is 0.661. The van der Waals surface area contributed by atoms with Gasteiger partial charge in [0.25, 0.3) is 0 Å². The average molecular weight is 399 g/mol. The van der Waals surface area contributed by atoms with E-state index in [1.54, 1.807) is 18.4 Å². The standard InChI is InChI=1S/C21H26N4O2S/c1-27-18-6-2-5-17(12-18)21-23-13-19(28-21)20-22-7-9-25(20)11-10-24-8-3-4-16(14-24)15-26/h2,5-7,9,12-13,16,26H,3-4,8,10-11,14-15H2,1H3. The number of methoxy groups -OCH3 is 1. The van der Waals surface area contributed by atoms with Gasteiger partial charge in [0.1, 0.15) is 10.8 Å². The van der Waals surface area contributed by atoms with E-state index < -0.39 is 0 Å². The molecular weight excluding hydrogens is 372 g/mol. The van der Waals surface area contributed by atoms with Gasteiger partial charge in [-0.1, -0.05) is 12.1 Å². The van der Waals surface area contributed by atoms with Crippen LogP contribution in [0.2, 0.25) is 0 Å². The summed E-state index contributed by atoms with van der Waals surface area (Å²) in [6, 6.07) is 7.97. The van der Waals surface area contributed by atoms with Crippen LogP contribution in [0.1, 0.15) is 12.8 Å². The van der Waals surface area contributed by atoms with Gasteiger partial charge in [-0.3, -0.25) is 0 Å². The molecule has 0 aliphatic carbocycles. The minimum atomic E-state index is 0.292. The van der Waals surface area contributed by atoms with Crippen molar-refractivity contribution in [3.63, 3.8) is 0 Å². The van der Waals surface area contributed by atoms with E-state index in [-0.39, 0.29) is 0 Å². The van der Waals surface area contributed by atoms with E-state index in [1.165, 1.54) is 6.42 Å². The summed E-state index contributed by atoms with van der Waals surface area (Å²) in [5.41, 5.74) is 1.05. The molecule has 1 N–H and O–H groups in total. The summed E-state index contributed by atoms with van der Waals surface area (Å²) >= 11 is 1.65. The molecule has 0 amide bonds. The molecule has 7 heteroatoms. The SMILES string of the molecule is COc1cccc(-c2ncc(-c3nccn3CCN3CCCC(CO)C3)s2)c1. The maximum atomic E-state index is 9.43. The molecule has 28 heavy (non-hydrogen) atoms. The molecule has 3 heterocycles. The lowest BCUT2D eigenvalue weighted by atomic mass is 9.99. The molecule has 1 aliphatic rings. The van der Waals surface area contributed by atoms with Gasteiger partial charge in [-0.15, -0.1) is 11.3 Å². The number of likely N-dealkylation sites (tertiary alicyclic amines) is 1. The summed E-state index contributed by atoms with van der Waals surface area (Å²) in [4.78, 5) is 12.7. The van der Waals surface area contributed by atoms with Gasteiger partial charge in [0, 0.05) is 50.4 Å². The average Bonchev–Trinajstić information content (AvgIpc) is 3.41. The zero-order chi connectivity index (χ0) is 19.3. The van der Waals surface area contributed by atoms with E-state index >= 15 is 0 Å². The van der Waals surface area contributed by atoms with Crippen molar-refractivity contribution in [1.82, 2.24) is 19.4 Å². The van der Waals surface area contributed by atoms with E-state index in [4.69, 9.17) is 4.74 Å². The summed E-state index contributed by atoms with van der Waals surface area (Å²) < 4.78 is 7.52. The molecule has 1 aromatic carbocycles. The largest absolute Gasteiger partial charge is 0.497 e. The van der Waals surface area contributed by atoms with Gasteiger partial charge in [-0.05, 0) is 37.4 Å². The molecule has 2 aromatic heterocycles. The molecule has 1 fully saturated rings. The molecule has 1 aliphatic heterocycles. The third-order valence-corrected chi connectivity index (χ3v) is 6.32. The first-order valence-electron chi connectivity index (χ1n) is 9.72. The molecule has 0 bridgehead atoms. The highest BCUT2D eigenvalue weighted by molar-refractivity contribution is 7.18. The number of aromatic nitrogens is 3. The van der Waals surface area contributed by atoms with Crippen LogP contribution in [-0.4, -0.2) is 57.9 Å². The minimum absolute atomic E-state index is 0.292. The van der Waals surface area contributed by atoms with Crippen LogP contribution >= 0.6 is 11.3 Å². The van der Waals surface area contributed by atoms with Crippen molar-refractivity contribution in [2.75, 3.05) is 33.4 Å². The highest BCUT2D eigenvalue weighted by Crippen LogP contribution is 2.32. The van der Waals surface area contributed by atoms with Gasteiger partial charge in [-0.2, -0.15) is 0 Å². The summed E-state index contributed by atoms with van der Waals surface area (Å²) in [6.07, 6.45) is 8.10. The molecule has 1 unspecified atom stereocenters. The number of hydrogen-bond donors (Lipinski definition) is 1. The van der Waals surface area contributed by atoms with Crippen LogP contribution in [-0.2, 0) is 6.54 Å². The van der Waals surface area contributed by atoms with Crippen LogP contribution in [0.3, 0.4) is 0 Å². The predicted molar refractivity (Wildman–Crippen MR) is 112 cm³/mol. The topological polar surface area (TPSA) is 63.4 Å². The van der Waals surface area contributed by atoms with Crippen molar-refractivity contribution >= 4 is 11.3 Å². The normalized spacial score (nSPS) is 17.7. The Morgan fingerprint density at radius 1 is 1.29 bits per heavy atom. The number of ether oxygens (including phenoxy) is 1. The number of rotatable bonds is 7. The third-order valence-electron chi connectivity index (χ3n) is 5.28. The van der Waals surface area contributed by atoms with Crippen LogP contribution in [0.25, 0.3) is 21.3 Å². The van der Waals surface area contributed by atoms with Gasteiger partial charge in [0.2, 0.25) is 0 Å². The smallest absolute Gasteiger partial charge is 0.151 e. The lowest BCUT2D eigenvalue weighted by Gasteiger charge is -2.31. The maximum absolute atomic E-state index is 9.43. The number of thiazole rings is 1. The highest BCUT2D eigenvalue weighted by Gasteiger charge is 2.19. The van der Waals surface area contributed by atoms with Crippen molar-refractivity contribution in [3.8, 4) is 27.0 Å². The Bertz CT molecular complexity index is 907. The molecule has 1 atom stereocenters. The number of nitrogens with zero attached hydrogens (tertiary/aromatic N) is 4. The van der Waals surface area contributed by atoms with E-state index in [1.807, 2.05) is 42.9 Å². The van der Waals surface area contributed by atoms with Crippen molar-refractivity contribution < 1.29 is 9.84 Å². The maximum Gasteiger partial charge on any atom is 0.151 e. The summed E-state index contributed by atoms with van der Waals surface area (Å²) in [5, 5.41) is 10.4. The summed E-state index contributed by atoms with van der Waals surface area (Å²) in [7, 11) is 1.67. The number of aliphatic hydroxyl groups is 1. The van der Waals surface area contributed by atoms with Crippen LogP contribution < -0.4 is 4.74 Å². The Morgan fingerprint density at radius 2 is 2.21 bits per heavy atom. The third kappa shape index (κ3) is 4.27. The summed E-state index contributed by atoms with van der Waals surface area (Å²) in [5.74, 6) is 2.21. The lowest BCUT2D eigenvalue weighted by Crippen LogP contribution is -2.38. The number of hydrogen-bond acceptors (Lipinski definition) is 6. The second kappa shape index (κ2) is 8.86. The van der Waals surface area contributed by atoms with E-state index in [9.17, 15) is 5.11 Å². The fourth-order valence-corrected chi connectivity index (χ4v) is 4.66. The van der Waals surface area contributed by atoms with Gasteiger partial charge < -0.3 is 19.3 Å². The molecule has 1 saturated heterocycles. The second-order valence-electron chi connectivity index (χ2n) is 7.20. The Labute approximate surface area is 169 Å². The van der Waals surface area contributed by atoms with Crippen molar-refractivity contribution in [2.45, 2.75) is 19.4 Å². The second-order valence-corrected chi connectivity index (χ2v) is 8.23. The first kappa shape index (κ1) is 19.1. The molecule has 0 spiro atoms. The first-order valence-corrected chi connectivity index (χ1v) is 10.5. The van der Waals surface area contributed by atoms with Gasteiger partial charge in [0.15, 0.2) is 5.82 Å². The molecule has 0 radical (unpaired) electrons. The van der Waals surface area contributed by atoms with Gasteiger partial charge >= 0.3 is 0 Å². The van der Waals surface area contributed by atoms with E-state index in [0.29, 0.717) is 12.5 Å². The predicted octanol–water partition coefficient (Wildman–Crippen LogP) is 3.39. The van der Waals surface area contributed by atoms with Crippen LogP contribution in [0.5, 0.6) is 5.75 Å². The number of aliphatic hydroxyl groups excluding tert-OH is 1. The zero-order valence-electron chi connectivity index (χ0n) is 16.1. The van der Waals surface area contributed by atoms with Crippen molar-refractivity contribution in [3.05, 3.63) is 42.9 Å². The van der Waals surface area contributed by atoms with Crippen LogP contribution in [0, 0.1) is 5.92 Å². The van der Waals surface area contributed by atoms with Crippen molar-refractivity contribution in [1.29, 1.82) is 0 Å². The molecule has 6 nitrogen and oxygen atoms in total. The number of piperidine rings is 1. The first-order chi connectivity index (χ1) is 13.8. The van der Waals surface area contributed by atoms with E-state index in [0.717, 1.165) is 59.6 Å². The highest BCUT2D eigenvalue weighted by atomic mass is 32.1. The van der Waals surface area contributed by atoms with Gasteiger partial charge in [-0.25, -0.2) is 9.97 Å². The fraction of sp³-hybridized carbons (Fsp3) is 0.429. The Kier molecular flexibility index (Phi) is 6.04. The van der Waals surface area contributed by atoms with Crippen LogP contribution in [0.4, 0.5) is 0 Å². The molecule has 3 aromatic rings. The monoisotopic (exact) mass is 398 g/mol. The minimum Gasteiger partial charge on any atom is -0.497 e. The van der Waals surface area contributed by atoms with E-state index in [2.05, 4.69) is 19.4 Å². The Hall–Kier alpha value is -2.22. The molecular formula is C21H26N4O2S. The Morgan fingerprint density at radius 3 is 3.07 bits per heavy atom. The Balaban J connectivity index is 1.46. The lowest BCUT2D eigenvalue weighted by molar-refractivity contribution is 0.118. The molecule has 0 saturated carbocycles.